The molecule has 2 heterocycles. The molecule has 0 bridgehead atoms. The van der Waals surface area contributed by atoms with E-state index in [-0.39, 0.29) is 11.9 Å². The lowest BCUT2D eigenvalue weighted by molar-refractivity contribution is 0.0786. The van der Waals surface area contributed by atoms with E-state index >= 15 is 0 Å². The molecular formula is C15H17N3OS. The third kappa shape index (κ3) is 2.46. The van der Waals surface area contributed by atoms with E-state index in [0.717, 1.165) is 28.4 Å². The zero-order valence-electron chi connectivity index (χ0n) is 11.4. The fourth-order valence-corrected chi connectivity index (χ4v) is 3.39. The van der Waals surface area contributed by atoms with Crippen LogP contribution in [0.15, 0.2) is 30.3 Å². The largest absolute Gasteiger partial charge is 0.336 e. The number of hydrogen-bond acceptors (Lipinski definition) is 4. The molecule has 3 rings (SSSR count). The van der Waals surface area contributed by atoms with Crippen molar-refractivity contribution < 1.29 is 4.79 Å². The lowest BCUT2D eigenvalue weighted by Gasteiger charge is -2.15. The molecule has 0 aliphatic carbocycles. The van der Waals surface area contributed by atoms with Gasteiger partial charge in [0.25, 0.3) is 5.91 Å². The molecule has 2 aromatic rings. The Hall–Kier alpha value is -1.72. The molecule has 0 saturated carbocycles. The van der Waals surface area contributed by atoms with Gasteiger partial charge in [-0.15, -0.1) is 11.3 Å². The summed E-state index contributed by atoms with van der Waals surface area (Å²) in [6.45, 7) is 3.29. The van der Waals surface area contributed by atoms with Crippen LogP contribution in [-0.2, 0) is 0 Å². The number of carbonyl (C=O) groups is 1. The van der Waals surface area contributed by atoms with Crippen molar-refractivity contribution in [3.8, 4) is 10.4 Å². The molecule has 0 radical (unpaired) electrons. The number of amides is 1. The van der Waals surface area contributed by atoms with Gasteiger partial charge in [-0.05, 0) is 18.9 Å². The van der Waals surface area contributed by atoms with Crippen LogP contribution in [0.2, 0.25) is 0 Å². The van der Waals surface area contributed by atoms with Crippen LogP contribution in [0.5, 0.6) is 0 Å². The van der Waals surface area contributed by atoms with Crippen LogP contribution < -0.4 is 5.73 Å². The minimum absolute atomic E-state index is 0.00107. The highest BCUT2D eigenvalue weighted by Gasteiger charge is 2.28. The average Bonchev–Trinajstić information content (AvgIpc) is 3.05. The molecule has 20 heavy (non-hydrogen) atoms. The van der Waals surface area contributed by atoms with Gasteiger partial charge in [-0.3, -0.25) is 4.79 Å². The van der Waals surface area contributed by atoms with E-state index in [1.165, 1.54) is 0 Å². The number of rotatable bonds is 2. The summed E-state index contributed by atoms with van der Waals surface area (Å²) in [6.07, 6.45) is 0.871. The third-order valence-corrected chi connectivity index (χ3v) is 4.50. The highest BCUT2D eigenvalue weighted by atomic mass is 32.1. The van der Waals surface area contributed by atoms with E-state index < -0.39 is 0 Å². The van der Waals surface area contributed by atoms with Crippen LogP contribution in [0.1, 0.15) is 21.9 Å². The van der Waals surface area contributed by atoms with Crippen molar-refractivity contribution in [1.29, 1.82) is 0 Å². The molecule has 1 aliphatic heterocycles. The molecule has 0 spiro atoms. The molecule has 1 aromatic carbocycles. The third-order valence-electron chi connectivity index (χ3n) is 3.48. The van der Waals surface area contributed by atoms with Crippen LogP contribution in [0, 0.1) is 6.92 Å². The van der Waals surface area contributed by atoms with Gasteiger partial charge >= 0.3 is 0 Å². The maximum absolute atomic E-state index is 12.6. The number of nitrogens with zero attached hydrogens (tertiary/aromatic N) is 2. The number of aryl methyl sites for hydroxylation is 1. The van der Waals surface area contributed by atoms with Gasteiger partial charge in [0, 0.05) is 19.1 Å². The Kier molecular flexibility index (Phi) is 3.54. The van der Waals surface area contributed by atoms with Crippen LogP contribution in [0.3, 0.4) is 0 Å². The summed E-state index contributed by atoms with van der Waals surface area (Å²) in [5.74, 6) is 0.00107. The van der Waals surface area contributed by atoms with Gasteiger partial charge < -0.3 is 10.6 Å². The van der Waals surface area contributed by atoms with Gasteiger partial charge in [-0.2, -0.15) is 0 Å². The smallest absolute Gasteiger partial charge is 0.274 e. The fourth-order valence-electron chi connectivity index (χ4n) is 2.48. The molecule has 1 fully saturated rings. The van der Waals surface area contributed by atoms with E-state index in [9.17, 15) is 4.79 Å². The first kappa shape index (κ1) is 13.3. The van der Waals surface area contributed by atoms with Gasteiger partial charge in [0.15, 0.2) is 0 Å². The maximum Gasteiger partial charge on any atom is 0.274 e. The second kappa shape index (κ2) is 5.34. The van der Waals surface area contributed by atoms with Gasteiger partial charge in [0.1, 0.15) is 5.69 Å². The van der Waals surface area contributed by atoms with Gasteiger partial charge in [-0.25, -0.2) is 4.98 Å². The van der Waals surface area contributed by atoms with Crippen molar-refractivity contribution in [2.75, 3.05) is 13.1 Å². The average molecular weight is 287 g/mol. The predicted molar refractivity (Wildman–Crippen MR) is 80.8 cm³/mol. The number of likely N-dealkylation sites (tertiary alicyclic amines) is 1. The number of nitrogens with two attached hydrogens (primary N) is 1. The Morgan fingerprint density at radius 2 is 2.15 bits per heavy atom. The van der Waals surface area contributed by atoms with Crippen LogP contribution in [0.25, 0.3) is 10.4 Å². The molecule has 5 heteroatoms. The van der Waals surface area contributed by atoms with Crippen molar-refractivity contribution in [3.63, 3.8) is 0 Å². The number of thiazole rings is 1. The second-order valence-corrected chi connectivity index (χ2v) is 6.28. The van der Waals surface area contributed by atoms with Gasteiger partial charge in [-0.1, -0.05) is 30.3 Å². The van der Waals surface area contributed by atoms with Crippen molar-refractivity contribution in [2.45, 2.75) is 19.4 Å². The summed E-state index contributed by atoms with van der Waals surface area (Å²) >= 11 is 1.57. The summed E-state index contributed by atoms with van der Waals surface area (Å²) in [5.41, 5.74) is 7.49. The quantitative estimate of drug-likeness (QED) is 0.922. The molecule has 1 saturated heterocycles. The monoisotopic (exact) mass is 287 g/mol. The second-order valence-electron chi connectivity index (χ2n) is 5.08. The number of hydrogen-bond donors (Lipinski definition) is 1. The van der Waals surface area contributed by atoms with Crippen molar-refractivity contribution in [3.05, 3.63) is 41.0 Å². The van der Waals surface area contributed by atoms with Gasteiger partial charge in [0.2, 0.25) is 0 Å². The Labute approximate surface area is 122 Å². The first-order valence-corrected chi connectivity index (χ1v) is 7.54. The summed E-state index contributed by atoms with van der Waals surface area (Å²) in [6, 6.07) is 10.0. The lowest BCUT2D eigenvalue weighted by Crippen LogP contribution is -2.32. The predicted octanol–water partition coefficient (Wildman–Crippen LogP) is 2.29. The van der Waals surface area contributed by atoms with Crippen molar-refractivity contribution in [1.82, 2.24) is 9.88 Å². The molecule has 1 aromatic heterocycles. The molecule has 1 amide bonds. The molecule has 0 unspecified atom stereocenters. The first-order valence-electron chi connectivity index (χ1n) is 6.73. The summed E-state index contributed by atoms with van der Waals surface area (Å²) in [7, 11) is 0. The SMILES string of the molecule is Cc1nc(C(=O)N2CC[C@@H](N)C2)c(-c2ccccc2)s1. The molecule has 4 nitrogen and oxygen atoms in total. The summed E-state index contributed by atoms with van der Waals surface area (Å²) < 4.78 is 0. The van der Waals surface area contributed by atoms with E-state index in [0.29, 0.717) is 12.2 Å². The summed E-state index contributed by atoms with van der Waals surface area (Å²) in [5, 5.41) is 0.913. The topological polar surface area (TPSA) is 59.2 Å². The minimum Gasteiger partial charge on any atom is -0.336 e. The van der Waals surface area contributed by atoms with E-state index in [2.05, 4.69) is 4.98 Å². The van der Waals surface area contributed by atoms with Crippen molar-refractivity contribution in [2.24, 2.45) is 5.73 Å². The number of carbonyl (C=O) groups excluding carboxylic acids is 1. The van der Waals surface area contributed by atoms with Crippen LogP contribution in [0.4, 0.5) is 0 Å². The zero-order chi connectivity index (χ0) is 14.1. The summed E-state index contributed by atoms with van der Waals surface area (Å²) in [4.78, 5) is 19.8. The normalized spacial score (nSPS) is 18.5. The standard InChI is InChI=1S/C15H17N3OS/c1-10-17-13(15(19)18-8-7-12(16)9-18)14(20-10)11-5-3-2-4-6-11/h2-6,12H,7-9,16H2,1H3/t12-/m1/s1. The molecule has 1 atom stereocenters. The highest BCUT2D eigenvalue weighted by molar-refractivity contribution is 7.15. The Balaban J connectivity index is 1.96. The van der Waals surface area contributed by atoms with Crippen LogP contribution >= 0.6 is 11.3 Å². The number of aromatic nitrogens is 1. The Bertz CT molecular complexity index is 623. The van der Waals surface area contributed by atoms with E-state index in [1.807, 2.05) is 42.2 Å². The van der Waals surface area contributed by atoms with E-state index in [4.69, 9.17) is 5.73 Å². The van der Waals surface area contributed by atoms with E-state index in [1.54, 1.807) is 11.3 Å². The Morgan fingerprint density at radius 1 is 1.40 bits per heavy atom. The number of benzene rings is 1. The fraction of sp³-hybridized carbons (Fsp3) is 0.333. The lowest BCUT2D eigenvalue weighted by atomic mass is 10.1. The molecule has 104 valence electrons. The van der Waals surface area contributed by atoms with Crippen LogP contribution in [-0.4, -0.2) is 34.9 Å². The Morgan fingerprint density at radius 3 is 2.80 bits per heavy atom. The zero-order valence-corrected chi connectivity index (χ0v) is 12.2. The molecule has 2 N–H and O–H groups in total. The minimum atomic E-state index is 0.00107. The molecular weight excluding hydrogens is 270 g/mol. The first-order chi connectivity index (χ1) is 9.65. The van der Waals surface area contributed by atoms with Crippen molar-refractivity contribution >= 4 is 17.2 Å². The van der Waals surface area contributed by atoms with Gasteiger partial charge in [0.05, 0.1) is 9.88 Å². The maximum atomic E-state index is 12.6. The highest BCUT2D eigenvalue weighted by Crippen LogP contribution is 2.31. The molecule has 1 aliphatic rings.